The summed E-state index contributed by atoms with van der Waals surface area (Å²) in [5.41, 5.74) is 0.628. The van der Waals surface area contributed by atoms with Crippen molar-refractivity contribution < 1.29 is 19.4 Å². The summed E-state index contributed by atoms with van der Waals surface area (Å²) in [7, 11) is 0. The fraction of sp³-hybridized carbons (Fsp3) is 0.667. The number of fused-ring (bicyclic) bond motifs is 1. The second-order valence-electron chi connectivity index (χ2n) is 7.64. The number of rotatable bonds is 9. The number of ether oxygens (including phenoxy) is 2. The zero-order chi connectivity index (χ0) is 18.6. The van der Waals surface area contributed by atoms with E-state index in [0.717, 1.165) is 62.3 Å². The fourth-order valence-corrected chi connectivity index (χ4v) is 4.49. The second kappa shape index (κ2) is 8.30. The van der Waals surface area contributed by atoms with Gasteiger partial charge in [-0.3, -0.25) is 9.69 Å². The minimum absolute atomic E-state index is 0.294. The number of carbonyl (C=O) groups is 1. The zero-order valence-corrected chi connectivity index (χ0v) is 16.0. The van der Waals surface area contributed by atoms with Crippen LogP contribution in [0.3, 0.4) is 0 Å². The van der Waals surface area contributed by atoms with Crippen molar-refractivity contribution in [1.82, 2.24) is 4.90 Å². The summed E-state index contributed by atoms with van der Waals surface area (Å²) >= 11 is 0. The van der Waals surface area contributed by atoms with Gasteiger partial charge in [0.05, 0.1) is 18.6 Å². The van der Waals surface area contributed by atoms with E-state index >= 15 is 0 Å². The van der Waals surface area contributed by atoms with Gasteiger partial charge in [-0.05, 0) is 49.8 Å². The molecule has 0 unspecified atom stereocenters. The number of carboxylic acids is 1. The average Bonchev–Trinajstić information content (AvgIpc) is 3.15. The predicted octanol–water partition coefficient (Wildman–Crippen LogP) is 3.95. The molecule has 0 aromatic heterocycles. The van der Waals surface area contributed by atoms with Crippen molar-refractivity contribution in [2.24, 2.45) is 11.3 Å². The number of benzene rings is 1. The molecule has 1 N–H and O–H groups in total. The third-order valence-corrected chi connectivity index (χ3v) is 5.84. The maximum absolute atomic E-state index is 11.8. The summed E-state index contributed by atoms with van der Waals surface area (Å²) in [6.07, 6.45) is 5.03. The highest BCUT2D eigenvalue weighted by Gasteiger charge is 2.54. The summed E-state index contributed by atoms with van der Waals surface area (Å²) in [5, 5.41) is 9.75. The Morgan fingerprint density at radius 1 is 1.31 bits per heavy atom. The van der Waals surface area contributed by atoms with E-state index in [1.165, 1.54) is 0 Å². The SMILES string of the molecule is CCCCOc1ccc(CN2C[C@@H]3CCC[C@@]3(C(=O)O)C2)cc1OCC. The average molecular weight is 361 g/mol. The Morgan fingerprint density at radius 3 is 2.85 bits per heavy atom. The van der Waals surface area contributed by atoms with Gasteiger partial charge in [-0.15, -0.1) is 0 Å². The van der Waals surface area contributed by atoms with E-state index in [9.17, 15) is 9.90 Å². The highest BCUT2D eigenvalue weighted by atomic mass is 16.5. The van der Waals surface area contributed by atoms with Crippen molar-refractivity contribution in [2.45, 2.75) is 52.5 Å². The molecule has 0 bridgehead atoms. The minimum Gasteiger partial charge on any atom is -0.490 e. The predicted molar refractivity (Wildman–Crippen MR) is 101 cm³/mol. The minimum atomic E-state index is -0.614. The van der Waals surface area contributed by atoms with Crippen LogP contribution < -0.4 is 9.47 Å². The molecular weight excluding hydrogens is 330 g/mol. The molecule has 1 aliphatic heterocycles. The summed E-state index contributed by atoms with van der Waals surface area (Å²) in [5.74, 6) is 1.26. The van der Waals surface area contributed by atoms with Gasteiger partial charge < -0.3 is 14.6 Å². The first-order chi connectivity index (χ1) is 12.6. The summed E-state index contributed by atoms with van der Waals surface area (Å²) < 4.78 is 11.6. The van der Waals surface area contributed by atoms with Crippen LogP contribution in [-0.4, -0.2) is 42.3 Å². The number of hydrogen-bond donors (Lipinski definition) is 1. The lowest BCUT2D eigenvalue weighted by Crippen LogP contribution is -2.35. The fourth-order valence-electron chi connectivity index (χ4n) is 4.49. The smallest absolute Gasteiger partial charge is 0.311 e. The lowest BCUT2D eigenvalue weighted by atomic mass is 9.81. The molecule has 1 aliphatic carbocycles. The summed E-state index contributed by atoms with van der Waals surface area (Å²) in [6, 6.07) is 6.11. The van der Waals surface area contributed by atoms with Gasteiger partial charge in [0, 0.05) is 19.6 Å². The van der Waals surface area contributed by atoms with Gasteiger partial charge in [0.15, 0.2) is 11.5 Å². The molecule has 1 aromatic carbocycles. The molecule has 1 saturated heterocycles. The van der Waals surface area contributed by atoms with Crippen LogP contribution in [0.1, 0.15) is 51.5 Å². The van der Waals surface area contributed by atoms with E-state index in [4.69, 9.17) is 9.47 Å². The first-order valence-corrected chi connectivity index (χ1v) is 9.93. The number of aliphatic carboxylic acids is 1. The number of likely N-dealkylation sites (tertiary alicyclic amines) is 1. The van der Waals surface area contributed by atoms with E-state index in [1.807, 2.05) is 19.1 Å². The molecule has 1 saturated carbocycles. The molecule has 144 valence electrons. The Bertz CT molecular complexity index is 632. The first kappa shape index (κ1) is 19.0. The Balaban J connectivity index is 1.68. The second-order valence-corrected chi connectivity index (χ2v) is 7.64. The van der Waals surface area contributed by atoms with Crippen LogP contribution in [0.4, 0.5) is 0 Å². The van der Waals surface area contributed by atoms with Crippen LogP contribution in [0.2, 0.25) is 0 Å². The van der Waals surface area contributed by atoms with Crippen molar-refractivity contribution in [3.63, 3.8) is 0 Å². The largest absolute Gasteiger partial charge is 0.490 e. The molecule has 1 aromatic rings. The van der Waals surface area contributed by atoms with Crippen LogP contribution in [0.25, 0.3) is 0 Å². The quantitative estimate of drug-likeness (QED) is 0.675. The number of hydrogen-bond acceptors (Lipinski definition) is 4. The molecule has 5 heteroatoms. The van der Waals surface area contributed by atoms with E-state index in [-0.39, 0.29) is 0 Å². The number of unbranched alkanes of at least 4 members (excludes halogenated alkanes) is 1. The first-order valence-electron chi connectivity index (χ1n) is 9.93. The molecule has 1 heterocycles. The van der Waals surface area contributed by atoms with Crippen molar-refractivity contribution in [2.75, 3.05) is 26.3 Å². The molecule has 2 fully saturated rings. The monoisotopic (exact) mass is 361 g/mol. The Kier molecular flexibility index (Phi) is 6.07. The Hall–Kier alpha value is -1.75. The van der Waals surface area contributed by atoms with Crippen LogP contribution in [-0.2, 0) is 11.3 Å². The Labute approximate surface area is 156 Å². The lowest BCUT2D eigenvalue weighted by molar-refractivity contribution is -0.149. The summed E-state index contributed by atoms with van der Waals surface area (Å²) in [4.78, 5) is 14.1. The molecule has 0 amide bonds. The van der Waals surface area contributed by atoms with Crippen molar-refractivity contribution in [3.8, 4) is 11.5 Å². The highest BCUT2D eigenvalue weighted by Crippen LogP contribution is 2.49. The number of nitrogens with zero attached hydrogens (tertiary/aromatic N) is 1. The van der Waals surface area contributed by atoms with Gasteiger partial charge in [-0.25, -0.2) is 0 Å². The van der Waals surface area contributed by atoms with Crippen LogP contribution in [0.15, 0.2) is 18.2 Å². The van der Waals surface area contributed by atoms with Crippen molar-refractivity contribution >= 4 is 5.97 Å². The van der Waals surface area contributed by atoms with Gasteiger partial charge in [0.25, 0.3) is 0 Å². The molecule has 2 aliphatic rings. The molecule has 0 radical (unpaired) electrons. The normalized spacial score (nSPS) is 25.2. The maximum atomic E-state index is 11.8. The van der Waals surface area contributed by atoms with Crippen LogP contribution in [0.5, 0.6) is 11.5 Å². The number of carboxylic acid groups (broad SMARTS) is 1. The standard InChI is InChI=1S/C21H31NO4/c1-3-5-11-26-18-9-8-16(12-19(18)25-4-2)13-22-14-17-7-6-10-21(17,15-22)20(23)24/h8-9,12,17H,3-7,10-11,13-15H2,1-2H3,(H,23,24)/t17-,21+/m0/s1. The van der Waals surface area contributed by atoms with Crippen molar-refractivity contribution in [1.29, 1.82) is 0 Å². The van der Waals surface area contributed by atoms with Gasteiger partial charge in [-0.1, -0.05) is 25.8 Å². The van der Waals surface area contributed by atoms with E-state index < -0.39 is 11.4 Å². The maximum Gasteiger partial charge on any atom is 0.311 e. The molecule has 2 atom stereocenters. The molecular formula is C21H31NO4. The van der Waals surface area contributed by atoms with Gasteiger partial charge in [0.1, 0.15) is 0 Å². The van der Waals surface area contributed by atoms with E-state index in [0.29, 0.717) is 25.7 Å². The third-order valence-electron chi connectivity index (χ3n) is 5.84. The summed E-state index contributed by atoms with van der Waals surface area (Å²) in [6.45, 7) is 7.72. The highest BCUT2D eigenvalue weighted by molar-refractivity contribution is 5.76. The molecule has 5 nitrogen and oxygen atoms in total. The van der Waals surface area contributed by atoms with E-state index in [2.05, 4.69) is 17.9 Å². The third kappa shape index (κ3) is 3.83. The van der Waals surface area contributed by atoms with E-state index in [1.54, 1.807) is 0 Å². The van der Waals surface area contributed by atoms with Gasteiger partial charge in [-0.2, -0.15) is 0 Å². The zero-order valence-electron chi connectivity index (χ0n) is 16.0. The Morgan fingerprint density at radius 2 is 2.15 bits per heavy atom. The molecule has 3 rings (SSSR count). The lowest BCUT2D eigenvalue weighted by Gasteiger charge is -2.23. The molecule has 26 heavy (non-hydrogen) atoms. The van der Waals surface area contributed by atoms with Gasteiger partial charge >= 0.3 is 5.97 Å². The van der Waals surface area contributed by atoms with Crippen LogP contribution in [0, 0.1) is 11.3 Å². The van der Waals surface area contributed by atoms with Crippen LogP contribution >= 0.6 is 0 Å². The van der Waals surface area contributed by atoms with Crippen molar-refractivity contribution in [3.05, 3.63) is 23.8 Å². The van der Waals surface area contributed by atoms with Gasteiger partial charge in [0.2, 0.25) is 0 Å². The molecule has 0 spiro atoms. The topological polar surface area (TPSA) is 59.0 Å².